The molecule has 6 nitrogen and oxygen atoms in total. The lowest BCUT2D eigenvalue weighted by Gasteiger charge is -2.11. The second kappa shape index (κ2) is 9.04. The molecular formula is C17H15F2NO5S. The number of alkyl halides is 2. The number of carbonyl (C=O) groups is 2. The highest BCUT2D eigenvalue weighted by molar-refractivity contribution is 7.99. The van der Waals surface area contributed by atoms with Crippen LogP contribution in [0.25, 0.3) is 0 Å². The molecule has 0 saturated heterocycles. The van der Waals surface area contributed by atoms with Gasteiger partial charge in [0, 0.05) is 4.90 Å². The zero-order chi connectivity index (χ0) is 19.1. The van der Waals surface area contributed by atoms with Gasteiger partial charge in [0.2, 0.25) is 0 Å². The largest absolute Gasteiger partial charge is 0.507 e. The number of nitrogens with one attached hydrogen (secondary N) is 1. The van der Waals surface area contributed by atoms with E-state index in [1.807, 2.05) is 0 Å². The smallest absolute Gasteiger partial charge is 0.342 e. The van der Waals surface area contributed by atoms with Crippen molar-refractivity contribution in [3.63, 3.8) is 0 Å². The third-order valence-electron chi connectivity index (χ3n) is 3.14. The number of anilines is 1. The van der Waals surface area contributed by atoms with E-state index in [9.17, 15) is 23.5 Å². The Balaban J connectivity index is 1.98. The first-order chi connectivity index (χ1) is 12.4. The number of rotatable bonds is 7. The lowest BCUT2D eigenvalue weighted by atomic mass is 10.2. The van der Waals surface area contributed by atoms with E-state index in [0.29, 0.717) is 17.5 Å². The summed E-state index contributed by atoms with van der Waals surface area (Å²) in [7, 11) is 1.39. The number of esters is 1. The molecule has 0 aromatic heterocycles. The molecule has 2 aromatic carbocycles. The van der Waals surface area contributed by atoms with Crippen LogP contribution in [-0.2, 0) is 9.53 Å². The lowest BCUT2D eigenvalue weighted by molar-refractivity contribution is -0.119. The minimum Gasteiger partial charge on any atom is -0.507 e. The third-order valence-corrected chi connectivity index (χ3v) is 3.92. The van der Waals surface area contributed by atoms with Crippen molar-refractivity contribution in [2.24, 2.45) is 0 Å². The molecule has 0 heterocycles. The van der Waals surface area contributed by atoms with Crippen LogP contribution in [0.15, 0.2) is 47.4 Å². The Kier molecular flexibility index (Phi) is 6.79. The maximum Gasteiger partial charge on any atom is 0.342 e. The van der Waals surface area contributed by atoms with Crippen LogP contribution in [-0.4, -0.2) is 36.5 Å². The van der Waals surface area contributed by atoms with Gasteiger partial charge < -0.3 is 19.9 Å². The molecule has 0 radical (unpaired) electrons. The quantitative estimate of drug-likeness (QED) is 0.562. The van der Waals surface area contributed by atoms with Crippen LogP contribution in [0.3, 0.4) is 0 Å². The van der Waals surface area contributed by atoms with Crippen molar-refractivity contribution in [2.45, 2.75) is 10.7 Å². The molecule has 26 heavy (non-hydrogen) atoms. The van der Waals surface area contributed by atoms with Gasteiger partial charge in [-0.3, -0.25) is 4.79 Å². The first-order valence-corrected chi connectivity index (χ1v) is 8.16. The van der Waals surface area contributed by atoms with Crippen molar-refractivity contribution in [1.29, 1.82) is 0 Å². The molecular weight excluding hydrogens is 368 g/mol. The van der Waals surface area contributed by atoms with Crippen LogP contribution in [0.5, 0.6) is 11.5 Å². The molecule has 0 bridgehead atoms. The van der Waals surface area contributed by atoms with E-state index >= 15 is 0 Å². The van der Waals surface area contributed by atoms with Crippen LogP contribution in [0.1, 0.15) is 10.4 Å². The fourth-order valence-electron chi connectivity index (χ4n) is 1.97. The van der Waals surface area contributed by atoms with Gasteiger partial charge in [-0.15, -0.1) is 0 Å². The number of thioether (sulfide) groups is 1. The number of hydrogen-bond acceptors (Lipinski definition) is 6. The summed E-state index contributed by atoms with van der Waals surface area (Å²) in [5.41, 5.74) is 0.0221. The van der Waals surface area contributed by atoms with E-state index in [0.717, 1.165) is 0 Å². The van der Waals surface area contributed by atoms with Crippen molar-refractivity contribution in [3.05, 3.63) is 48.0 Å². The molecule has 9 heteroatoms. The van der Waals surface area contributed by atoms with E-state index in [4.69, 9.17) is 9.47 Å². The van der Waals surface area contributed by atoms with Gasteiger partial charge >= 0.3 is 5.97 Å². The van der Waals surface area contributed by atoms with Crippen molar-refractivity contribution in [3.8, 4) is 11.5 Å². The average molecular weight is 383 g/mol. The van der Waals surface area contributed by atoms with Crippen LogP contribution in [0, 0.1) is 0 Å². The number of phenolic OH excluding ortho intramolecular Hbond substituents is 1. The highest BCUT2D eigenvalue weighted by atomic mass is 32.2. The van der Waals surface area contributed by atoms with Gasteiger partial charge in [-0.25, -0.2) is 4.79 Å². The van der Waals surface area contributed by atoms with E-state index in [1.54, 1.807) is 12.1 Å². The predicted molar refractivity (Wildman–Crippen MR) is 91.9 cm³/mol. The highest BCUT2D eigenvalue weighted by Crippen LogP contribution is 2.31. The molecule has 2 N–H and O–H groups in total. The van der Waals surface area contributed by atoms with Crippen LogP contribution in [0.4, 0.5) is 14.5 Å². The summed E-state index contributed by atoms with van der Waals surface area (Å²) in [5.74, 6) is -4.26. The van der Waals surface area contributed by atoms with Crippen molar-refractivity contribution < 1.29 is 33.0 Å². The summed E-state index contributed by atoms with van der Waals surface area (Å²) in [5, 5.41) is 12.1. The number of para-hydroxylation sites is 1. The molecule has 2 rings (SSSR count). The normalized spacial score (nSPS) is 10.5. The van der Waals surface area contributed by atoms with Gasteiger partial charge in [-0.2, -0.15) is 8.78 Å². The predicted octanol–water partition coefficient (Wildman–Crippen LogP) is 3.51. The number of carbonyl (C=O) groups excluding carboxylic acids is 2. The van der Waals surface area contributed by atoms with E-state index in [2.05, 4.69) is 5.32 Å². The summed E-state index contributed by atoms with van der Waals surface area (Å²) in [6, 6.07) is 10.0. The number of phenols is 1. The molecule has 1 amide bonds. The van der Waals surface area contributed by atoms with Gasteiger partial charge in [-0.1, -0.05) is 23.9 Å². The Labute approximate surface area is 152 Å². The Morgan fingerprint density at radius 2 is 1.96 bits per heavy atom. The number of methoxy groups -OCH3 is 1. The highest BCUT2D eigenvalue weighted by Gasteiger charge is 2.17. The minimum absolute atomic E-state index is 0.161. The zero-order valence-electron chi connectivity index (χ0n) is 13.6. The van der Waals surface area contributed by atoms with E-state index < -0.39 is 24.2 Å². The molecule has 0 saturated carbocycles. The van der Waals surface area contributed by atoms with Crippen LogP contribution >= 0.6 is 11.8 Å². The Morgan fingerprint density at radius 1 is 1.23 bits per heavy atom. The number of ether oxygens (including phenoxy) is 2. The van der Waals surface area contributed by atoms with Gasteiger partial charge in [0.05, 0.1) is 12.8 Å². The molecule has 2 aromatic rings. The fraction of sp³-hybridized carbons (Fsp3) is 0.176. The zero-order valence-corrected chi connectivity index (χ0v) is 14.4. The molecule has 0 fully saturated rings. The number of halogens is 2. The SMILES string of the molecule is COc1ccc(O)c(C(=O)OCC(=O)Nc2ccccc2SC(F)F)c1. The van der Waals surface area contributed by atoms with E-state index in [-0.39, 0.29) is 21.9 Å². The summed E-state index contributed by atoms with van der Waals surface area (Å²) in [6.07, 6.45) is 0. The summed E-state index contributed by atoms with van der Waals surface area (Å²) in [6.45, 7) is -0.650. The van der Waals surface area contributed by atoms with E-state index in [1.165, 1.54) is 37.4 Å². The number of aromatic hydroxyl groups is 1. The van der Waals surface area contributed by atoms with Crippen molar-refractivity contribution in [2.75, 3.05) is 19.0 Å². The number of amides is 1. The van der Waals surface area contributed by atoms with Gasteiger partial charge in [0.15, 0.2) is 6.61 Å². The molecule has 138 valence electrons. The van der Waals surface area contributed by atoms with Crippen LogP contribution < -0.4 is 10.1 Å². The average Bonchev–Trinajstić information content (AvgIpc) is 2.61. The number of hydrogen-bond donors (Lipinski definition) is 2. The Bertz CT molecular complexity index is 800. The molecule has 0 aliphatic rings. The second-order valence-electron chi connectivity index (χ2n) is 4.88. The first-order valence-electron chi connectivity index (χ1n) is 7.28. The molecule has 0 spiro atoms. The number of benzene rings is 2. The lowest BCUT2D eigenvalue weighted by Crippen LogP contribution is -2.21. The minimum atomic E-state index is -2.64. The topological polar surface area (TPSA) is 84.9 Å². The van der Waals surface area contributed by atoms with Gasteiger partial charge in [-0.05, 0) is 30.3 Å². The first kappa shape index (κ1) is 19.5. The summed E-state index contributed by atoms with van der Waals surface area (Å²) < 4.78 is 34.8. The summed E-state index contributed by atoms with van der Waals surface area (Å²) >= 11 is 0.292. The van der Waals surface area contributed by atoms with Gasteiger partial charge in [0.25, 0.3) is 11.7 Å². The fourth-order valence-corrected chi connectivity index (χ4v) is 2.56. The third kappa shape index (κ3) is 5.35. The van der Waals surface area contributed by atoms with Crippen molar-refractivity contribution in [1.82, 2.24) is 0 Å². The van der Waals surface area contributed by atoms with Crippen molar-refractivity contribution >= 4 is 29.3 Å². The summed E-state index contributed by atoms with van der Waals surface area (Å²) in [4.78, 5) is 24.1. The van der Waals surface area contributed by atoms with Crippen LogP contribution in [0.2, 0.25) is 0 Å². The standard InChI is InChI=1S/C17H15F2NO5S/c1-24-10-6-7-13(21)11(8-10)16(23)25-9-15(22)20-12-4-2-3-5-14(12)26-17(18)19/h2-8,17,21H,9H2,1H3,(H,20,22). The monoisotopic (exact) mass is 383 g/mol. The molecule has 0 atom stereocenters. The van der Waals surface area contributed by atoms with Gasteiger partial charge in [0.1, 0.15) is 17.1 Å². The maximum absolute atomic E-state index is 12.5. The second-order valence-corrected chi connectivity index (χ2v) is 5.91. The Hall–Kier alpha value is -2.81. The molecule has 0 aliphatic heterocycles. The molecule has 0 aliphatic carbocycles. The molecule has 0 unspecified atom stereocenters. The maximum atomic E-state index is 12.5. The Morgan fingerprint density at radius 3 is 2.65 bits per heavy atom.